The van der Waals surface area contributed by atoms with Crippen LogP contribution in [-0.2, 0) is 37.1 Å². The zero-order valence-corrected chi connectivity index (χ0v) is 28.6. The average Bonchev–Trinajstić information content (AvgIpc) is 3.00. The molecule has 2 aromatic heterocycles. The van der Waals surface area contributed by atoms with E-state index in [9.17, 15) is 13.2 Å². The van der Waals surface area contributed by atoms with Crippen LogP contribution < -0.4 is 0 Å². The molecule has 4 aromatic carbocycles. The second-order valence-electron chi connectivity index (χ2n) is 13.0. The number of hydrogen-bond acceptors (Lipinski definition) is 2. The van der Waals surface area contributed by atoms with Gasteiger partial charge in [0, 0.05) is 38.1 Å². The molecule has 0 saturated carbocycles. The minimum absolute atomic E-state index is 0. The zero-order valence-electron chi connectivity index (χ0n) is 26.2. The Morgan fingerprint density at radius 3 is 1.84 bits per heavy atom. The molecule has 0 bridgehead atoms. The Hall–Kier alpha value is -3.86. The van der Waals surface area contributed by atoms with Crippen molar-refractivity contribution < 1.29 is 33.3 Å². The van der Waals surface area contributed by atoms with Crippen molar-refractivity contribution in [1.29, 1.82) is 0 Å². The predicted octanol–water partition coefficient (Wildman–Crippen LogP) is 11.0. The van der Waals surface area contributed by atoms with Gasteiger partial charge in [0.2, 0.25) is 0 Å². The van der Waals surface area contributed by atoms with Crippen molar-refractivity contribution in [3.05, 3.63) is 132 Å². The van der Waals surface area contributed by atoms with Gasteiger partial charge in [0.1, 0.15) is 0 Å². The zero-order chi connectivity index (χ0) is 31.7. The summed E-state index contributed by atoms with van der Waals surface area (Å²) in [6.45, 7) is 13.3. The Morgan fingerprint density at radius 2 is 1.22 bits per heavy atom. The van der Waals surface area contributed by atoms with Gasteiger partial charge in [0.15, 0.2) is 0 Å². The van der Waals surface area contributed by atoms with Gasteiger partial charge in [-0.1, -0.05) is 107 Å². The van der Waals surface area contributed by atoms with Crippen LogP contribution in [0.3, 0.4) is 0 Å². The number of pyridine rings is 2. The van der Waals surface area contributed by atoms with E-state index in [2.05, 4.69) is 94.0 Å². The normalized spacial score (nSPS) is 11.9. The summed E-state index contributed by atoms with van der Waals surface area (Å²) in [5.41, 5.74) is 5.00. The molecule has 0 aliphatic heterocycles. The van der Waals surface area contributed by atoms with E-state index in [-0.39, 0.29) is 36.6 Å². The summed E-state index contributed by atoms with van der Waals surface area (Å²) in [5.74, 6) is 0. The summed E-state index contributed by atoms with van der Waals surface area (Å²) >= 11 is 0. The maximum Gasteiger partial charge on any atom is 0.415 e. The number of benzene rings is 4. The van der Waals surface area contributed by atoms with Crippen molar-refractivity contribution >= 4 is 21.5 Å². The maximum absolute atomic E-state index is 12.9. The molecule has 0 amide bonds. The van der Waals surface area contributed by atoms with Crippen molar-refractivity contribution in [2.24, 2.45) is 0 Å². The number of aromatic nitrogens is 2. The Balaban J connectivity index is 0.000000204. The van der Waals surface area contributed by atoms with Crippen LogP contribution in [0.5, 0.6) is 0 Å². The summed E-state index contributed by atoms with van der Waals surface area (Å²) < 4.78 is 38.7. The predicted molar refractivity (Wildman–Crippen MR) is 174 cm³/mol. The summed E-state index contributed by atoms with van der Waals surface area (Å²) in [5, 5.41) is 4.10. The molecule has 0 unspecified atom stereocenters. The molecule has 0 aliphatic rings. The minimum Gasteiger partial charge on any atom is -0.305 e. The fraction of sp³-hybridized carbons (Fsp3) is 0.231. The molecular weight excluding hydrogens is 746 g/mol. The van der Waals surface area contributed by atoms with Crippen molar-refractivity contribution in [3.8, 4) is 22.5 Å². The number of alkyl halides is 3. The molecule has 1 radical (unpaired) electrons. The number of rotatable bonds is 2. The molecular formula is C39H35F3IrN2-2. The number of hydrogen-bond donors (Lipinski definition) is 0. The van der Waals surface area contributed by atoms with Gasteiger partial charge in [-0.3, -0.25) is 0 Å². The second kappa shape index (κ2) is 13.2. The van der Waals surface area contributed by atoms with Gasteiger partial charge < -0.3 is 9.97 Å². The van der Waals surface area contributed by atoms with E-state index >= 15 is 0 Å². The van der Waals surface area contributed by atoms with E-state index in [0.717, 1.165) is 44.9 Å². The quantitative estimate of drug-likeness (QED) is 0.129. The summed E-state index contributed by atoms with van der Waals surface area (Å²) in [7, 11) is 0. The smallest absolute Gasteiger partial charge is 0.305 e. The van der Waals surface area contributed by atoms with Crippen LogP contribution in [-0.4, -0.2) is 9.97 Å². The Labute approximate surface area is 277 Å². The van der Waals surface area contributed by atoms with Gasteiger partial charge >= 0.3 is 6.18 Å². The third kappa shape index (κ3) is 8.05. The Bertz CT molecular complexity index is 1840. The monoisotopic (exact) mass is 781 g/mol. The van der Waals surface area contributed by atoms with Crippen LogP contribution in [0.25, 0.3) is 44.1 Å². The van der Waals surface area contributed by atoms with Crippen LogP contribution in [0, 0.1) is 12.1 Å². The molecule has 6 rings (SSSR count). The third-order valence-electron chi connectivity index (χ3n) is 7.62. The summed E-state index contributed by atoms with van der Waals surface area (Å²) in [6.07, 6.45) is -1.23. The van der Waals surface area contributed by atoms with Gasteiger partial charge in [-0.05, 0) is 44.6 Å². The first-order valence-electron chi connectivity index (χ1n) is 14.6. The SMILES string of the molecule is CC(C)(C)c1c[c-]c(-c2ccc(C(C)(C)C)cn2)cc1.FC(F)(F)c1ccnc(-c2[c-]cc3ccc4ccccc4c3c2)c1.[Ir]. The van der Waals surface area contributed by atoms with E-state index in [1.165, 1.54) is 17.3 Å². The van der Waals surface area contributed by atoms with Crippen molar-refractivity contribution in [2.75, 3.05) is 0 Å². The van der Waals surface area contributed by atoms with E-state index in [1.807, 2.05) is 48.7 Å². The number of halogens is 3. The molecule has 0 atom stereocenters. The molecule has 6 heteroatoms. The molecule has 0 aliphatic carbocycles. The van der Waals surface area contributed by atoms with E-state index in [0.29, 0.717) is 5.56 Å². The van der Waals surface area contributed by atoms with Gasteiger partial charge in [0.25, 0.3) is 0 Å². The molecule has 2 nitrogen and oxygen atoms in total. The van der Waals surface area contributed by atoms with Gasteiger partial charge in [0.05, 0.1) is 0 Å². The largest absolute Gasteiger partial charge is 0.415 e. The maximum atomic E-state index is 12.9. The van der Waals surface area contributed by atoms with Gasteiger partial charge in [-0.2, -0.15) is 13.2 Å². The van der Waals surface area contributed by atoms with Gasteiger partial charge in [-0.15, -0.1) is 59.2 Å². The molecule has 45 heavy (non-hydrogen) atoms. The molecule has 0 spiro atoms. The molecule has 6 aromatic rings. The fourth-order valence-electron chi connectivity index (χ4n) is 4.89. The second-order valence-corrected chi connectivity index (χ2v) is 13.0. The van der Waals surface area contributed by atoms with E-state index < -0.39 is 11.7 Å². The standard InChI is InChI=1S/C20H11F3N.C19H24N.Ir/c21-20(22,23)16-9-10-24-19(12-16)15-8-7-14-6-5-13-3-1-2-4-17(13)18(14)11-15;1-18(2,3)15-9-7-14(8-10-15)17-12-11-16(13-20-17)19(4,5)6;/h1-7,9-12H;7,9-13H,1-6H3;/q2*-1;. The van der Waals surface area contributed by atoms with Crippen molar-refractivity contribution in [2.45, 2.75) is 58.5 Å². The summed E-state index contributed by atoms with van der Waals surface area (Å²) in [4.78, 5) is 8.65. The first-order chi connectivity index (χ1) is 20.7. The van der Waals surface area contributed by atoms with Crippen molar-refractivity contribution in [1.82, 2.24) is 9.97 Å². The van der Waals surface area contributed by atoms with Crippen LogP contribution in [0.4, 0.5) is 13.2 Å². The molecule has 233 valence electrons. The Morgan fingerprint density at radius 1 is 0.556 bits per heavy atom. The Kier molecular flexibility index (Phi) is 10.0. The molecule has 0 fully saturated rings. The average molecular weight is 781 g/mol. The van der Waals surface area contributed by atoms with E-state index in [4.69, 9.17) is 0 Å². The van der Waals surface area contributed by atoms with Crippen molar-refractivity contribution in [3.63, 3.8) is 0 Å². The van der Waals surface area contributed by atoms with Crippen LogP contribution in [0.2, 0.25) is 0 Å². The topological polar surface area (TPSA) is 25.8 Å². The fourth-order valence-corrected chi connectivity index (χ4v) is 4.89. The van der Waals surface area contributed by atoms with Gasteiger partial charge in [-0.25, -0.2) is 0 Å². The van der Waals surface area contributed by atoms with Crippen LogP contribution in [0.15, 0.2) is 103 Å². The minimum atomic E-state index is -4.39. The van der Waals surface area contributed by atoms with E-state index in [1.54, 1.807) is 6.07 Å². The molecule has 2 heterocycles. The number of fused-ring (bicyclic) bond motifs is 3. The van der Waals surface area contributed by atoms with Crippen LogP contribution in [0.1, 0.15) is 58.2 Å². The third-order valence-corrected chi connectivity index (χ3v) is 7.62. The van der Waals surface area contributed by atoms with Crippen LogP contribution >= 0.6 is 0 Å². The molecule has 0 N–H and O–H groups in total. The summed E-state index contributed by atoms with van der Waals surface area (Å²) in [6, 6.07) is 34.6. The first-order valence-corrected chi connectivity index (χ1v) is 14.6. The molecule has 0 saturated heterocycles. The first kappa shape index (κ1) is 34.0. The number of nitrogens with zero attached hydrogens (tertiary/aromatic N) is 2.